The van der Waals surface area contributed by atoms with E-state index in [4.69, 9.17) is 5.11 Å². The van der Waals surface area contributed by atoms with Crippen LogP contribution in [0.3, 0.4) is 0 Å². The van der Waals surface area contributed by atoms with Gasteiger partial charge in [-0.3, -0.25) is 4.79 Å². The highest BCUT2D eigenvalue weighted by Gasteiger charge is 2.05. The number of carbonyl (C=O) groups excluding carboxylic acids is 1. The summed E-state index contributed by atoms with van der Waals surface area (Å²) in [5, 5.41) is 8.79. The number of carboxylic acids is 1. The van der Waals surface area contributed by atoms with Crippen molar-refractivity contribution in [3.05, 3.63) is 76.6 Å². The summed E-state index contributed by atoms with van der Waals surface area (Å²) in [6.45, 7) is 1.60. The summed E-state index contributed by atoms with van der Waals surface area (Å²) in [5.41, 5.74) is 1.73. The van der Waals surface area contributed by atoms with Crippen LogP contribution in [0.2, 0.25) is 0 Å². The SMILES string of the molecule is Cc1cc(C(=O)C=Cc2ccc(C(=O)O)cc2)ccc1F. The highest BCUT2D eigenvalue weighted by atomic mass is 19.1. The number of rotatable bonds is 4. The second-order valence-corrected chi connectivity index (χ2v) is 4.59. The van der Waals surface area contributed by atoms with E-state index in [1.165, 1.54) is 36.4 Å². The van der Waals surface area contributed by atoms with Crippen LogP contribution < -0.4 is 0 Å². The zero-order valence-electron chi connectivity index (χ0n) is 11.3. The molecule has 0 aliphatic rings. The average molecular weight is 284 g/mol. The quantitative estimate of drug-likeness (QED) is 0.687. The molecular formula is C17H13FO3. The van der Waals surface area contributed by atoms with Crippen molar-refractivity contribution in [3.63, 3.8) is 0 Å². The molecule has 0 heterocycles. The first-order valence-electron chi connectivity index (χ1n) is 6.29. The van der Waals surface area contributed by atoms with E-state index in [-0.39, 0.29) is 17.2 Å². The molecule has 0 radical (unpaired) electrons. The Kier molecular flexibility index (Phi) is 4.28. The Bertz CT molecular complexity index is 715. The summed E-state index contributed by atoms with van der Waals surface area (Å²) < 4.78 is 13.1. The number of carboxylic acid groups (broad SMARTS) is 1. The fourth-order valence-electron chi connectivity index (χ4n) is 1.80. The number of carbonyl (C=O) groups is 2. The summed E-state index contributed by atoms with van der Waals surface area (Å²) in [7, 11) is 0. The van der Waals surface area contributed by atoms with Crippen molar-refractivity contribution in [2.24, 2.45) is 0 Å². The second kappa shape index (κ2) is 6.13. The molecule has 0 aliphatic carbocycles. The van der Waals surface area contributed by atoms with Gasteiger partial charge in [-0.15, -0.1) is 0 Å². The van der Waals surface area contributed by atoms with E-state index in [9.17, 15) is 14.0 Å². The number of aryl methyl sites for hydroxylation is 1. The molecule has 2 aromatic carbocycles. The minimum Gasteiger partial charge on any atom is -0.478 e. The van der Waals surface area contributed by atoms with Crippen molar-refractivity contribution < 1.29 is 19.1 Å². The van der Waals surface area contributed by atoms with Crippen molar-refractivity contribution in [1.82, 2.24) is 0 Å². The van der Waals surface area contributed by atoms with Gasteiger partial charge in [0.2, 0.25) is 0 Å². The number of aromatic carboxylic acids is 1. The lowest BCUT2D eigenvalue weighted by Crippen LogP contribution is -1.96. The third kappa shape index (κ3) is 3.63. The number of benzene rings is 2. The first kappa shape index (κ1) is 14.7. The smallest absolute Gasteiger partial charge is 0.335 e. The number of hydrogen-bond acceptors (Lipinski definition) is 2. The van der Waals surface area contributed by atoms with Gasteiger partial charge in [0.1, 0.15) is 5.82 Å². The Labute approximate surface area is 121 Å². The Hall–Kier alpha value is -2.75. The van der Waals surface area contributed by atoms with Gasteiger partial charge in [0, 0.05) is 5.56 Å². The van der Waals surface area contributed by atoms with Gasteiger partial charge in [-0.2, -0.15) is 0 Å². The zero-order valence-corrected chi connectivity index (χ0v) is 11.3. The summed E-state index contributed by atoms with van der Waals surface area (Å²) in [5.74, 6) is -1.58. The Morgan fingerprint density at radius 3 is 2.24 bits per heavy atom. The number of ketones is 1. The fraction of sp³-hybridized carbons (Fsp3) is 0.0588. The molecule has 3 nitrogen and oxygen atoms in total. The van der Waals surface area contributed by atoms with Gasteiger partial charge in [0.15, 0.2) is 5.78 Å². The molecule has 0 aliphatic heterocycles. The first-order chi connectivity index (χ1) is 9.97. The van der Waals surface area contributed by atoms with Crippen molar-refractivity contribution in [2.75, 3.05) is 0 Å². The van der Waals surface area contributed by atoms with Crippen LogP contribution in [0.5, 0.6) is 0 Å². The van der Waals surface area contributed by atoms with Crippen molar-refractivity contribution >= 4 is 17.8 Å². The van der Waals surface area contributed by atoms with Gasteiger partial charge in [-0.05, 0) is 54.5 Å². The predicted octanol–water partition coefficient (Wildman–Crippen LogP) is 3.73. The van der Waals surface area contributed by atoms with Gasteiger partial charge in [0.05, 0.1) is 5.56 Å². The predicted molar refractivity (Wildman–Crippen MR) is 77.9 cm³/mol. The molecule has 106 valence electrons. The Morgan fingerprint density at radius 2 is 1.67 bits per heavy atom. The molecule has 2 aromatic rings. The molecule has 0 unspecified atom stereocenters. The van der Waals surface area contributed by atoms with E-state index in [2.05, 4.69) is 0 Å². The Balaban J connectivity index is 2.14. The van der Waals surface area contributed by atoms with Crippen LogP contribution in [0.25, 0.3) is 6.08 Å². The van der Waals surface area contributed by atoms with Crippen LogP contribution in [0.15, 0.2) is 48.5 Å². The molecule has 0 saturated heterocycles. The molecule has 2 rings (SSSR count). The summed E-state index contributed by atoms with van der Waals surface area (Å²) in [6, 6.07) is 10.4. The van der Waals surface area contributed by atoms with Crippen molar-refractivity contribution in [2.45, 2.75) is 6.92 Å². The molecule has 21 heavy (non-hydrogen) atoms. The van der Waals surface area contributed by atoms with Gasteiger partial charge in [-0.25, -0.2) is 9.18 Å². The highest BCUT2D eigenvalue weighted by Crippen LogP contribution is 2.12. The standard InChI is InChI=1S/C17H13FO3/c1-11-10-14(7-8-15(11)18)16(19)9-4-12-2-5-13(6-3-12)17(20)21/h2-10H,1H3,(H,20,21). The van der Waals surface area contributed by atoms with Gasteiger partial charge in [-0.1, -0.05) is 18.2 Å². The second-order valence-electron chi connectivity index (χ2n) is 4.59. The van der Waals surface area contributed by atoms with E-state index in [0.29, 0.717) is 16.7 Å². The van der Waals surface area contributed by atoms with E-state index < -0.39 is 5.97 Å². The minimum atomic E-state index is -0.997. The maximum absolute atomic E-state index is 13.1. The fourth-order valence-corrected chi connectivity index (χ4v) is 1.80. The lowest BCUT2D eigenvalue weighted by molar-refractivity contribution is 0.0696. The molecule has 0 atom stereocenters. The van der Waals surface area contributed by atoms with Crippen molar-refractivity contribution in [3.8, 4) is 0 Å². The largest absolute Gasteiger partial charge is 0.478 e. The van der Waals surface area contributed by atoms with Crippen LogP contribution in [0, 0.1) is 12.7 Å². The zero-order chi connectivity index (χ0) is 15.4. The normalized spacial score (nSPS) is 10.8. The third-order valence-electron chi connectivity index (χ3n) is 3.03. The number of allylic oxidation sites excluding steroid dienone is 1. The monoisotopic (exact) mass is 284 g/mol. The lowest BCUT2D eigenvalue weighted by atomic mass is 10.1. The van der Waals surface area contributed by atoms with Crippen molar-refractivity contribution in [1.29, 1.82) is 0 Å². The number of hydrogen-bond donors (Lipinski definition) is 1. The lowest BCUT2D eigenvalue weighted by Gasteiger charge is -2.00. The summed E-state index contributed by atoms with van der Waals surface area (Å²) in [6.07, 6.45) is 2.97. The maximum Gasteiger partial charge on any atom is 0.335 e. The van der Waals surface area contributed by atoms with Crippen LogP contribution >= 0.6 is 0 Å². The molecule has 0 aromatic heterocycles. The summed E-state index contributed by atoms with van der Waals surface area (Å²) in [4.78, 5) is 22.7. The summed E-state index contributed by atoms with van der Waals surface area (Å²) >= 11 is 0. The minimum absolute atomic E-state index is 0.188. The van der Waals surface area contributed by atoms with Crippen LogP contribution in [-0.4, -0.2) is 16.9 Å². The van der Waals surface area contributed by atoms with Crippen LogP contribution in [-0.2, 0) is 0 Å². The topological polar surface area (TPSA) is 54.4 Å². The number of halogens is 1. The van der Waals surface area contributed by atoms with Crippen LogP contribution in [0.4, 0.5) is 4.39 Å². The van der Waals surface area contributed by atoms with Gasteiger partial charge < -0.3 is 5.11 Å². The highest BCUT2D eigenvalue weighted by molar-refractivity contribution is 6.06. The van der Waals surface area contributed by atoms with Gasteiger partial charge >= 0.3 is 5.97 Å². The average Bonchev–Trinajstić information content (AvgIpc) is 2.48. The molecule has 0 spiro atoms. The molecular weight excluding hydrogens is 271 g/mol. The maximum atomic E-state index is 13.1. The molecule has 0 amide bonds. The van der Waals surface area contributed by atoms with E-state index in [1.807, 2.05) is 0 Å². The van der Waals surface area contributed by atoms with E-state index in [1.54, 1.807) is 25.1 Å². The first-order valence-corrected chi connectivity index (χ1v) is 6.29. The molecule has 0 fully saturated rings. The molecule has 0 bridgehead atoms. The van der Waals surface area contributed by atoms with E-state index >= 15 is 0 Å². The van der Waals surface area contributed by atoms with E-state index in [0.717, 1.165) is 0 Å². The molecule has 4 heteroatoms. The molecule has 0 saturated carbocycles. The third-order valence-corrected chi connectivity index (χ3v) is 3.03. The molecule has 1 N–H and O–H groups in total. The Morgan fingerprint density at radius 1 is 1.05 bits per heavy atom. The van der Waals surface area contributed by atoms with Gasteiger partial charge in [0.25, 0.3) is 0 Å². The van der Waals surface area contributed by atoms with Crippen LogP contribution in [0.1, 0.15) is 31.8 Å².